The highest BCUT2D eigenvalue weighted by atomic mass is 16.5. The van der Waals surface area contributed by atoms with Gasteiger partial charge >= 0.3 is 6.26 Å². The number of carbonyl (C=O) groups excluding carboxylic acids is 2. The zero-order valence-corrected chi connectivity index (χ0v) is 7.64. The van der Waals surface area contributed by atoms with E-state index in [1.54, 1.807) is 0 Å². The Balaban J connectivity index is 2.64. The van der Waals surface area contributed by atoms with Crippen LogP contribution in [0.25, 0.3) is 4.95 Å². The minimum Gasteiger partial charge on any atom is -0.385 e. The molecule has 9 heteroatoms. The number of hydrazine groups is 2. The summed E-state index contributed by atoms with van der Waals surface area (Å²) < 4.78 is 4.80. The third kappa shape index (κ3) is 2.06. The van der Waals surface area contributed by atoms with Gasteiger partial charge in [0.15, 0.2) is 0 Å². The maximum Gasteiger partial charge on any atom is 0.561 e. The van der Waals surface area contributed by atoms with E-state index in [1.807, 2.05) is 17.1 Å². The molecule has 0 aromatic rings. The first-order chi connectivity index (χ1) is 7.17. The molecule has 0 saturated heterocycles. The summed E-state index contributed by atoms with van der Waals surface area (Å²) in [5.74, 6) is 12.1. The second-order valence-corrected chi connectivity index (χ2v) is 2.87. The van der Waals surface area contributed by atoms with E-state index < -0.39 is 29.8 Å². The molecule has 0 spiro atoms. The first-order valence-electron chi connectivity index (χ1n) is 3.98. The Morgan fingerprint density at radius 1 is 1.20 bits per heavy atom. The van der Waals surface area contributed by atoms with Crippen molar-refractivity contribution in [2.45, 2.75) is 6.10 Å². The minimum absolute atomic E-state index is 0.521. The molecule has 1 rings (SSSR count). The standard InChI is InChI=1S/C6H10N6O3/c7-10-1-15-4-2(5(13)11-8)3(4)6(14)12-9/h2-4H,7-9H2,(H-,11,12,13,14)/p+1. The van der Waals surface area contributed by atoms with Crippen molar-refractivity contribution >= 4 is 11.8 Å². The van der Waals surface area contributed by atoms with Crippen molar-refractivity contribution in [3.8, 4) is 6.26 Å². The summed E-state index contributed by atoms with van der Waals surface area (Å²) in [5.41, 5.74) is 3.83. The lowest BCUT2D eigenvalue weighted by Crippen LogP contribution is -2.36. The van der Waals surface area contributed by atoms with Gasteiger partial charge in [-0.05, 0) is 0 Å². The lowest BCUT2D eigenvalue weighted by Gasteiger charge is -1.95. The monoisotopic (exact) mass is 215 g/mol. The Kier molecular flexibility index (Phi) is 3.27. The highest BCUT2D eigenvalue weighted by Crippen LogP contribution is 2.41. The van der Waals surface area contributed by atoms with E-state index in [0.717, 1.165) is 0 Å². The van der Waals surface area contributed by atoms with Gasteiger partial charge in [0, 0.05) is 0 Å². The predicted octanol–water partition coefficient (Wildman–Crippen LogP) is -3.24. The molecular formula is C6H11N6O3+. The summed E-state index contributed by atoms with van der Waals surface area (Å²) in [7, 11) is 0. The Morgan fingerprint density at radius 3 is 2.00 bits per heavy atom. The average Bonchev–Trinajstić information content (AvgIpc) is 2.98. The molecule has 2 atom stereocenters. The van der Waals surface area contributed by atoms with E-state index in [4.69, 9.17) is 22.3 Å². The van der Waals surface area contributed by atoms with Crippen LogP contribution in [-0.2, 0) is 14.3 Å². The van der Waals surface area contributed by atoms with Crippen LogP contribution in [-0.4, -0.2) is 17.9 Å². The highest BCUT2D eigenvalue weighted by Gasteiger charge is 2.62. The van der Waals surface area contributed by atoms with Crippen LogP contribution in [0, 0.1) is 18.1 Å². The Morgan fingerprint density at radius 2 is 1.67 bits per heavy atom. The number of hydrogen-bond acceptors (Lipinski definition) is 6. The smallest absolute Gasteiger partial charge is 0.385 e. The van der Waals surface area contributed by atoms with Gasteiger partial charge in [-0.25, -0.2) is 11.7 Å². The molecule has 9 nitrogen and oxygen atoms in total. The zero-order chi connectivity index (χ0) is 11.4. The maximum atomic E-state index is 11.2. The molecule has 1 saturated carbocycles. The molecule has 0 radical (unpaired) electrons. The number of carbonyl (C=O) groups is 2. The van der Waals surface area contributed by atoms with Crippen molar-refractivity contribution in [3.05, 3.63) is 4.95 Å². The largest absolute Gasteiger partial charge is 0.561 e. The van der Waals surface area contributed by atoms with Gasteiger partial charge in [0.1, 0.15) is 11.1 Å². The first-order valence-corrected chi connectivity index (χ1v) is 3.98. The summed E-state index contributed by atoms with van der Waals surface area (Å²) in [6, 6.07) is 0. The summed E-state index contributed by atoms with van der Waals surface area (Å²) in [5, 5.41) is 0. The summed E-state index contributed by atoms with van der Waals surface area (Å²) >= 11 is 0. The van der Waals surface area contributed by atoms with Crippen LogP contribution in [0.1, 0.15) is 0 Å². The molecule has 15 heavy (non-hydrogen) atoms. The molecule has 8 N–H and O–H groups in total. The van der Waals surface area contributed by atoms with Crippen LogP contribution in [0.5, 0.6) is 0 Å². The molecule has 0 aromatic carbocycles. The SMILES string of the molecule is N[N+]#COC1C(C(=O)NN)C1C(=O)NN. The van der Waals surface area contributed by atoms with Crippen LogP contribution in [0.3, 0.4) is 0 Å². The number of nitrogens with two attached hydrogens (primary N) is 3. The molecule has 0 aromatic heterocycles. The molecule has 1 fully saturated rings. The molecule has 2 unspecified atom stereocenters. The normalized spacial score (nSPS) is 26.9. The summed E-state index contributed by atoms with van der Waals surface area (Å²) in [6.07, 6.45) is 1.30. The molecular weight excluding hydrogens is 204 g/mol. The number of ether oxygens (including phenoxy) is 1. The van der Waals surface area contributed by atoms with Gasteiger partial charge in [-0.3, -0.25) is 20.4 Å². The van der Waals surface area contributed by atoms with Crippen molar-refractivity contribution in [1.29, 1.82) is 0 Å². The van der Waals surface area contributed by atoms with Crippen molar-refractivity contribution in [2.75, 3.05) is 0 Å². The van der Waals surface area contributed by atoms with E-state index in [-0.39, 0.29) is 0 Å². The minimum atomic E-state index is -0.701. The number of nitrogens with one attached hydrogen (secondary N) is 2. The maximum absolute atomic E-state index is 11.2. The molecule has 0 bridgehead atoms. The van der Waals surface area contributed by atoms with Gasteiger partial charge in [-0.1, -0.05) is 5.84 Å². The van der Waals surface area contributed by atoms with Crippen LogP contribution >= 0.6 is 0 Å². The van der Waals surface area contributed by atoms with E-state index in [1.165, 1.54) is 0 Å². The summed E-state index contributed by atoms with van der Waals surface area (Å²) in [4.78, 5) is 25.3. The number of hydrogen-bond donors (Lipinski definition) is 5. The lowest BCUT2D eigenvalue weighted by molar-refractivity contribution is -0.127. The Labute approximate surface area is 84.6 Å². The number of nitrogens with zero attached hydrogens (tertiary/aromatic N) is 1. The van der Waals surface area contributed by atoms with Gasteiger partial charge < -0.3 is 4.74 Å². The second kappa shape index (κ2) is 4.45. The molecule has 82 valence electrons. The average molecular weight is 215 g/mol. The van der Waals surface area contributed by atoms with E-state index >= 15 is 0 Å². The number of amides is 2. The Bertz CT molecular complexity index is 311. The van der Waals surface area contributed by atoms with E-state index in [0.29, 0.717) is 0 Å². The lowest BCUT2D eigenvalue weighted by atomic mass is 10.3. The first kappa shape index (κ1) is 11.0. The van der Waals surface area contributed by atoms with Crippen LogP contribution in [0.4, 0.5) is 0 Å². The number of rotatable bonds is 3. The van der Waals surface area contributed by atoms with Gasteiger partial charge in [0.2, 0.25) is 11.8 Å². The zero-order valence-electron chi connectivity index (χ0n) is 7.64. The van der Waals surface area contributed by atoms with Gasteiger partial charge in [0.05, 0.1) is 11.8 Å². The van der Waals surface area contributed by atoms with Crippen LogP contribution in [0.2, 0.25) is 0 Å². The van der Waals surface area contributed by atoms with Crippen LogP contribution in [0.15, 0.2) is 0 Å². The molecule has 1 aliphatic carbocycles. The third-order valence-electron chi connectivity index (χ3n) is 2.09. The summed E-state index contributed by atoms with van der Waals surface area (Å²) in [6.45, 7) is 0. The molecule has 2 amide bonds. The fourth-order valence-corrected chi connectivity index (χ4v) is 1.34. The van der Waals surface area contributed by atoms with Gasteiger partial charge in [0.25, 0.3) is 0 Å². The topological polar surface area (TPSA) is 150 Å². The van der Waals surface area contributed by atoms with Crippen molar-refractivity contribution < 1.29 is 14.3 Å². The molecule has 1 aliphatic rings. The van der Waals surface area contributed by atoms with E-state index in [9.17, 15) is 9.59 Å². The fourth-order valence-electron chi connectivity index (χ4n) is 1.34. The molecule has 0 heterocycles. The third-order valence-corrected chi connectivity index (χ3v) is 2.09. The quantitative estimate of drug-likeness (QED) is 0.144. The molecule has 0 aliphatic heterocycles. The highest BCUT2D eigenvalue weighted by molar-refractivity contribution is 5.93. The van der Waals surface area contributed by atoms with Crippen LogP contribution < -0.4 is 28.4 Å². The van der Waals surface area contributed by atoms with Gasteiger partial charge in [-0.2, -0.15) is 0 Å². The Hall–Kier alpha value is -2.05. The van der Waals surface area contributed by atoms with Gasteiger partial charge in [-0.15, -0.1) is 0 Å². The predicted molar refractivity (Wildman–Crippen MR) is 47.9 cm³/mol. The van der Waals surface area contributed by atoms with Crippen molar-refractivity contribution in [2.24, 2.45) is 29.4 Å². The second-order valence-electron chi connectivity index (χ2n) is 2.87. The van der Waals surface area contributed by atoms with E-state index in [2.05, 4.69) is 4.95 Å². The van der Waals surface area contributed by atoms with Crippen molar-refractivity contribution in [3.63, 3.8) is 0 Å². The van der Waals surface area contributed by atoms with Crippen molar-refractivity contribution in [1.82, 2.24) is 10.9 Å². The fraction of sp³-hybridized carbons (Fsp3) is 0.500.